The summed E-state index contributed by atoms with van der Waals surface area (Å²) in [5, 5.41) is 4.12. The van der Waals surface area contributed by atoms with Crippen molar-refractivity contribution in [2.75, 3.05) is 19.8 Å². The van der Waals surface area contributed by atoms with Gasteiger partial charge in [0.15, 0.2) is 0 Å². The Balaban J connectivity index is 1.95. The van der Waals surface area contributed by atoms with Gasteiger partial charge in [0.1, 0.15) is 0 Å². The molecule has 94 valence electrons. The van der Waals surface area contributed by atoms with Gasteiger partial charge in [-0.15, -0.1) is 0 Å². The van der Waals surface area contributed by atoms with E-state index >= 15 is 0 Å². The van der Waals surface area contributed by atoms with E-state index in [-0.39, 0.29) is 5.25 Å². The van der Waals surface area contributed by atoms with Crippen molar-refractivity contribution in [3.63, 3.8) is 0 Å². The van der Waals surface area contributed by atoms with Crippen molar-refractivity contribution >= 4 is 10.8 Å². The van der Waals surface area contributed by atoms with E-state index in [9.17, 15) is 4.21 Å². The molecular formula is C12H23NO2S. The third kappa shape index (κ3) is 2.84. The van der Waals surface area contributed by atoms with Gasteiger partial charge in [0.25, 0.3) is 0 Å². The van der Waals surface area contributed by atoms with Crippen LogP contribution in [0.2, 0.25) is 0 Å². The molecule has 2 fully saturated rings. The van der Waals surface area contributed by atoms with Gasteiger partial charge in [-0.25, -0.2) is 0 Å². The van der Waals surface area contributed by atoms with Gasteiger partial charge in [0.05, 0.1) is 11.9 Å². The molecule has 0 amide bonds. The standard InChI is InChI=1S/C12H23NO2S/c1-2-13-11-7-8-15-9-12(11)16(14)10-5-3-4-6-10/h10-13H,2-9H2,1H3. The Morgan fingerprint density at radius 3 is 2.75 bits per heavy atom. The summed E-state index contributed by atoms with van der Waals surface area (Å²) in [7, 11) is -0.701. The van der Waals surface area contributed by atoms with E-state index in [1.165, 1.54) is 12.8 Å². The lowest BCUT2D eigenvalue weighted by molar-refractivity contribution is 0.0822. The average molecular weight is 245 g/mol. The van der Waals surface area contributed by atoms with Crippen LogP contribution >= 0.6 is 0 Å². The molecule has 2 aliphatic rings. The molecule has 1 saturated carbocycles. The lowest BCUT2D eigenvalue weighted by atomic mass is 10.1. The summed E-state index contributed by atoms with van der Waals surface area (Å²) < 4.78 is 18.0. The molecule has 2 rings (SSSR count). The molecule has 1 heterocycles. The number of hydrogen-bond acceptors (Lipinski definition) is 3. The van der Waals surface area contributed by atoms with E-state index in [0.29, 0.717) is 17.9 Å². The number of rotatable bonds is 4. The van der Waals surface area contributed by atoms with E-state index in [1.54, 1.807) is 0 Å². The molecule has 1 aliphatic heterocycles. The zero-order chi connectivity index (χ0) is 11.4. The molecule has 0 aromatic carbocycles. The number of ether oxygens (including phenoxy) is 1. The fourth-order valence-corrected chi connectivity index (χ4v) is 4.88. The topological polar surface area (TPSA) is 38.3 Å². The zero-order valence-corrected chi connectivity index (χ0v) is 10.9. The molecule has 0 bridgehead atoms. The third-order valence-electron chi connectivity index (χ3n) is 3.70. The van der Waals surface area contributed by atoms with Gasteiger partial charge >= 0.3 is 0 Å². The smallest absolute Gasteiger partial charge is 0.0738 e. The van der Waals surface area contributed by atoms with Crippen LogP contribution in [-0.2, 0) is 15.5 Å². The monoisotopic (exact) mass is 245 g/mol. The first-order valence-corrected chi connectivity index (χ1v) is 7.81. The predicted octanol–water partition coefficient (Wildman–Crippen LogP) is 1.44. The van der Waals surface area contributed by atoms with Crippen molar-refractivity contribution in [1.82, 2.24) is 5.32 Å². The molecule has 0 aromatic heterocycles. The summed E-state index contributed by atoms with van der Waals surface area (Å²) >= 11 is 0. The van der Waals surface area contributed by atoms with Gasteiger partial charge in [0, 0.05) is 28.7 Å². The van der Waals surface area contributed by atoms with Crippen LogP contribution in [0.4, 0.5) is 0 Å². The molecule has 3 atom stereocenters. The molecule has 3 nitrogen and oxygen atoms in total. The van der Waals surface area contributed by atoms with Crippen LogP contribution in [0.25, 0.3) is 0 Å². The minimum absolute atomic E-state index is 0.219. The van der Waals surface area contributed by atoms with Crippen molar-refractivity contribution in [2.24, 2.45) is 0 Å². The van der Waals surface area contributed by atoms with Crippen LogP contribution in [0.5, 0.6) is 0 Å². The highest BCUT2D eigenvalue weighted by molar-refractivity contribution is 7.86. The summed E-state index contributed by atoms with van der Waals surface area (Å²) in [5.41, 5.74) is 0. The third-order valence-corrected chi connectivity index (χ3v) is 5.89. The van der Waals surface area contributed by atoms with Gasteiger partial charge in [-0.2, -0.15) is 0 Å². The Labute approximate surface area is 101 Å². The maximum absolute atomic E-state index is 12.5. The van der Waals surface area contributed by atoms with E-state index in [0.717, 1.165) is 32.4 Å². The molecule has 16 heavy (non-hydrogen) atoms. The minimum atomic E-state index is -0.701. The quantitative estimate of drug-likeness (QED) is 0.814. The second-order valence-corrected chi connectivity index (χ2v) is 6.73. The fraction of sp³-hybridized carbons (Fsp3) is 1.00. The second-order valence-electron chi connectivity index (χ2n) is 4.80. The van der Waals surface area contributed by atoms with Crippen molar-refractivity contribution < 1.29 is 8.95 Å². The maximum atomic E-state index is 12.5. The van der Waals surface area contributed by atoms with Crippen molar-refractivity contribution in [3.05, 3.63) is 0 Å². The Kier molecular flexibility index (Phi) is 4.79. The molecule has 4 heteroatoms. The highest BCUT2D eigenvalue weighted by atomic mass is 32.2. The second kappa shape index (κ2) is 6.12. The maximum Gasteiger partial charge on any atom is 0.0738 e. The molecule has 0 radical (unpaired) electrons. The van der Waals surface area contributed by atoms with Crippen LogP contribution in [-0.4, -0.2) is 40.5 Å². The fourth-order valence-electron chi connectivity index (χ4n) is 2.80. The van der Waals surface area contributed by atoms with E-state index in [4.69, 9.17) is 4.74 Å². The highest BCUT2D eigenvalue weighted by Gasteiger charge is 2.34. The van der Waals surface area contributed by atoms with E-state index in [2.05, 4.69) is 12.2 Å². The molecule has 0 spiro atoms. The largest absolute Gasteiger partial charge is 0.380 e. The number of nitrogens with one attached hydrogen (secondary N) is 1. The van der Waals surface area contributed by atoms with Gasteiger partial charge in [-0.05, 0) is 25.8 Å². The van der Waals surface area contributed by atoms with Gasteiger partial charge in [0.2, 0.25) is 0 Å². The predicted molar refractivity (Wildman–Crippen MR) is 67.1 cm³/mol. The molecule has 1 saturated heterocycles. The zero-order valence-electron chi connectivity index (χ0n) is 10.1. The Hall–Kier alpha value is 0.0700. The highest BCUT2D eigenvalue weighted by Crippen LogP contribution is 2.27. The van der Waals surface area contributed by atoms with Crippen LogP contribution in [0, 0.1) is 0 Å². The Bertz CT molecular complexity index is 239. The summed E-state index contributed by atoms with van der Waals surface area (Å²) in [6.45, 7) is 4.57. The lowest BCUT2D eigenvalue weighted by Gasteiger charge is -2.33. The minimum Gasteiger partial charge on any atom is -0.380 e. The van der Waals surface area contributed by atoms with Gasteiger partial charge in [-0.3, -0.25) is 4.21 Å². The van der Waals surface area contributed by atoms with Crippen LogP contribution in [0.1, 0.15) is 39.0 Å². The van der Waals surface area contributed by atoms with Crippen LogP contribution in [0.3, 0.4) is 0 Å². The average Bonchev–Trinajstić information content (AvgIpc) is 2.83. The molecule has 1 N–H and O–H groups in total. The molecule has 1 aliphatic carbocycles. The Morgan fingerprint density at radius 2 is 2.06 bits per heavy atom. The van der Waals surface area contributed by atoms with Crippen LogP contribution < -0.4 is 5.32 Å². The first-order chi connectivity index (χ1) is 7.83. The first-order valence-electron chi connectivity index (χ1n) is 6.53. The summed E-state index contributed by atoms with van der Waals surface area (Å²) in [6.07, 6.45) is 5.84. The van der Waals surface area contributed by atoms with E-state index in [1.807, 2.05) is 0 Å². The van der Waals surface area contributed by atoms with Crippen molar-refractivity contribution in [2.45, 2.75) is 55.6 Å². The Morgan fingerprint density at radius 1 is 1.31 bits per heavy atom. The summed E-state index contributed by atoms with van der Waals surface area (Å²) in [6, 6.07) is 0.403. The normalized spacial score (nSPS) is 34.1. The van der Waals surface area contributed by atoms with Crippen LogP contribution in [0.15, 0.2) is 0 Å². The number of hydrogen-bond donors (Lipinski definition) is 1. The van der Waals surface area contributed by atoms with Gasteiger partial charge in [-0.1, -0.05) is 19.8 Å². The van der Waals surface area contributed by atoms with Crippen molar-refractivity contribution in [1.29, 1.82) is 0 Å². The molecular weight excluding hydrogens is 222 g/mol. The van der Waals surface area contributed by atoms with Crippen molar-refractivity contribution in [3.8, 4) is 0 Å². The molecule has 0 aromatic rings. The molecule has 3 unspecified atom stereocenters. The SMILES string of the molecule is CCNC1CCOCC1S(=O)C1CCCC1. The summed E-state index contributed by atoms with van der Waals surface area (Å²) in [4.78, 5) is 0. The lowest BCUT2D eigenvalue weighted by Crippen LogP contribution is -2.50. The van der Waals surface area contributed by atoms with Gasteiger partial charge < -0.3 is 10.1 Å². The van der Waals surface area contributed by atoms with E-state index < -0.39 is 10.8 Å². The first kappa shape index (κ1) is 12.5. The summed E-state index contributed by atoms with van der Waals surface area (Å²) in [5.74, 6) is 0.